The molecule has 0 saturated carbocycles. The monoisotopic (exact) mass is 290 g/mol. The quantitative estimate of drug-likeness (QED) is 0.843. The molecule has 0 amide bonds. The van der Waals surface area contributed by atoms with Gasteiger partial charge < -0.3 is 5.32 Å². The first-order valence-corrected chi connectivity index (χ1v) is 8.34. The van der Waals surface area contributed by atoms with Crippen LogP contribution in [0.1, 0.15) is 31.2 Å². The van der Waals surface area contributed by atoms with Crippen LogP contribution < -0.4 is 10.0 Å². The highest BCUT2D eigenvalue weighted by Gasteiger charge is 2.22. The van der Waals surface area contributed by atoms with E-state index in [2.05, 4.69) is 10.0 Å². The SMILES string of the molecule is CNCc1sc(S(=O)(=O)NC(C)C(C)C)cc1C. The zero-order valence-corrected chi connectivity index (χ0v) is 13.2. The topological polar surface area (TPSA) is 58.2 Å². The van der Waals surface area contributed by atoms with Crippen LogP contribution in [-0.4, -0.2) is 21.5 Å². The predicted molar refractivity (Wildman–Crippen MR) is 76.4 cm³/mol. The molecule has 1 rings (SSSR count). The first-order valence-electron chi connectivity index (χ1n) is 6.04. The van der Waals surface area contributed by atoms with Crippen LogP contribution in [0, 0.1) is 12.8 Å². The maximum Gasteiger partial charge on any atom is 0.250 e. The third-order valence-electron chi connectivity index (χ3n) is 2.94. The Labute approximate surface area is 114 Å². The van der Waals surface area contributed by atoms with Gasteiger partial charge in [0.2, 0.25) is 10.0 Å². The third kappa shape index (κ3) is 3.78. The van der Waals surface area contributed by atoms with E-state index in [1.807, 2.05) is 34.7 Å². The Morgan fingerprint density at radius 1 is 1.33 bits per heavy atom. The maximum absolute atomic E-state index is 12.2. The Morgan fingerprint density at radius 3 is 2.44 bits per heavy atom. The van der Waals surface area contributed by atoms with Crippen molar-refractivity contribution < 1.29 is 8.42 Å². The Morgan fingerprint density at radius 2 is 1.94 bits per heavy atom. The molecule has 0 fully saturated rings. The average Bonchev–Trinajstić information content (AvgIpc) is 2.61. The van der Waals surface area contributed by atoms with E-state index in [0.717, 1.165) is 10.4 Å². The van der Waals surface area contributed by atoms with E-state index in [9.17, 15) is 8.42 Å². The summed E-state index contributed by atoms with van der Waals surface area (Å²) < 4.78 is 27.5. The lowest BCUT2D eigenvalue weighted by Crippen LogP contribution is -2.35. The molecule has 0 bridgehead atoms. The molecule has 1 aromatic heterocycles. The summed E-state index contributed by atoms with van der Waals surface area (Å²) in [7, 11) is -1.53. The normalized spacial score (nSPS) is 14.1. The summed E-state index contributed by atoms with van der Waals surface area (Å²) in [4.78, 5) is 1.06. The van der Waals surface area contributed by atoms with Gasteiger partial charge in [-0.15, -0.1) is 11.3 Å². The van der Waals surface area contributed by atoms with Crippen LogP contribution in [0.3, 0.4) is 0 Å². The van der Waals surface area contributed by atoms with E-state index in [1.54, 1.807) is 6.07 Å². The second-order valence-electron chi connectivity index (χ2n) is 4.86. The Balaban J connectivity index is 2.95. The molecule has 104 valence electrons. The third-order valence-corrected chi connectivity index (χ3v) is 6.21. The molecule has 0 aliphatic heterocycles. The number of thiophene rings is 1. The van der Waals surface area contributed by atoms with Crippen molar-refractivity contribution in [2.24, 2.45) is 5.92 Å². The van der Waals surface area contributed by atoms with Crippen LogP contribution in [0.25, 0.3) is 0 Å². The fraction of sp³-hybridized carbons (Fsp3) is 0.667. The van der Waals surface area contributed by atoms with Gasteiger partial charge in [0.1, 0.15) is 4.21 Å². The minimum atomic E-state index is -3.38. The average molecular weight is 290 g/mol. The Kier molecular flexibility index (Phi) is 5.33. The molecule has 18 heavy (non-hydrogen) atoms. The summed E-state index contributed by atoms with van der Waals surface area (Å²) >= 11 is 1.33. The number of rotatable bonds is 6. The van der Waals surface area contributed by atoms with Crippen molar-refractivity contribution in [3.8, 4) is 0 Å². The second kappa shape index (κ2) is 6.14. The summed E-state index contributed by atoms with van der Waals surface area (Å²) in [5, 5.41) is 3.04. The van der Waals surface area contributed by atoms with Gasteiger partial charge in [0.25, 0.3) is 0 Å². The number of sulfonamides is 1. The van der Waals surface area contributed by atoms with Gasteiger partial charge in [-0.3, -0.25) is 0 Å². The van der Waals surface area contributed by atoms with Crippen molar-refractivity contribution in [1.82, 2.24) is 10.0 Å². The summed E-state index contributed by atoms with van der Waals surface area (Å²) in [6.07, 6.45) is 0. The molecule has 0 aliphatic carbocycles. The minimum absolute atomic E-state index is 0.0647. The van der Waals surface area contributed by atoms with Crippen LogP contribution in [0.4, 0.5) is 0 Å². The molecule has 2 N–H and O–H groups in total. The molecule has 0 saturated heterocycles. The molecule has 0 aromatic carbocycles. The molecule has 1 aromatic rings. The molecule has 1 unspecified atom stereocenters. The van der Waals surface area contributed by atoms with E-state index in [-0.39, 0.29) is 12.0 Å². The predicted octanol–water partition coefficient (Wildman–Crippen LogP) is 2.10. The number of hydrogen-bond acceptors (Lipinski definition) is 4. The largest absolute Gasteiger partial charge is 0.315 e. The Hall–Kier alpha value is -0.430. The summed E-state index contributed by atoms with van der Waals surface area (Å²) in [5.74, 6) is 0.276. The lowest BCUT2D eigenvalue weighted by molar-refractivity contribution is 0.477. The van der Waals surface area contributed by atoms with Gasteiger partial charge in [-0.1, -0.05) is 13.8 Å². The standard InChI is InChI=1S/C12H22N2O2S2/c1-8(2)10(4)14-18(15,16)12-6-9(3)11(17-12)7-13-5/h6,8,10,13-14H,7H2,1-5H3. The van der Waals surface area contributed by atoms with Crippen LogP contribution in [0.5, 0.6) is 0 Å². The highest BCUT2D eigenvalue weighted by Crippen LogP contribution is 2.26. The molecule has 0 aliphatic rings. The lowest BCUT2D eigenvalue weighted by atomic mass is 10.1. The van der Waals surface area contributed by atoms with E-state index in [1.165, 1.54) is 11.3 Å². The highest BCUT2D eigenvalue weighted by atomic mass is 32.2. The van der Waals surface area contributed by atoms with Gasteiger partial charge in [-0.05, 0) is 38.4 Å². The number of nitrogens with one attached hydrogen (secondary N) is 2. The smallest absolute Gasteiger partial charge is 0.250 e. The first-order chi connectivity index (χ1) is 8.27. The van der Waals surface area contributed by atoms with Gasteiger partial charge in [0.15, 0.2) is 0 Å². The van der Waals surface area contributed by atoms with E-state index in [0.29, 0.717) is 10.8 Å². The van der Waals surface area contributed by atoms with Crippen molar-refractivity contribution >= 4 is 21.4 Å². The van der Waals surface area contributed by atoms with Crippen molar-refractivity contribution in [2.75, 3.05) is 7.05 Å². The second-order valence-corrected chi connectivity index (χ2v) is 7.93. The summed E-state index contributed by atoms with van der Waals surface area (Å²) in [6, 6.07) is 1.68. The minimum Gasteiger partial charge on any atom is -0.315 e. The maximum atomic E-state index is 12.2. The molecular weight excluding hydrogens is 268 g/mol. The van der Waals surface area contributed by atoms with Gasteiger partial charge >= 0.3 is 0 Å². The first kappa shape index (κ1) is 15.6. The van der Waals surface area contributed by atoms with Crippen LogP contribution in [0.15, 0.2) is 10.3 Å². The van der Waals surface area contributed by atoms with Gasteiger partial charge in [-0.2, -0.15) is 0 Å². The highest BCUT2D eigenvalue weighted by molar-refractivity contribution is 7.91. The van der Waals surface area contributed by atoms with Crippen LogP contribution >= 0.6 is 11.3 Å². The summed E-state index contributed by atoms with van der Waals surface area (Å²) in [5.41, 5.74) is 1.02. The number of aryl methyl sites for hydroxylation is 1. The Bertz CT molecular complexity index is 492. The van der Waals surface area contributed by atoms with Crippen molar-refractivity contribution in [2.45, 2.75) is 44.5 Å². The summed E-state index contributed by atoms with van der Waals surface area (Å²) in [6.45, 7) is 8.52. The fourth-order valence-corrected chi connectivity index (χ4v) is 4.41. The van der Waals surface area contributed by atoms with Gasteiger partial charge in [-0.25, -0.2) is 13.1 Å². The van der Waals surface area contributed by atoms with E-state index in [4.69, 9.17) is 0 Å². The van der Waals surface area contributed by atoms with Crippen LogP contribution in [-0.2, 0) is 16.6 Å². The fourth-order valence-electron chi connectivity index (χ4n) is 1.40. The van der Waals surface area contributed by atoms with Gasteiger partial charge in [0.05, 0.1) is 0 Å². The van der Waals surface area contributed by atoms with E-state index >= 15 is 0 Å². The molecule has 4 nitrogen and oxygen atoms in total. The van der Waals surface area contributed by atoms with Crippen molar-refractivity contribution in [3.63, 3.8) is 0 Å². The zero-order valence-electron chi connectivity index (χ0n) is 11.6. The molecule has 1 atom stereocenters. The number of hydrogen-bond donors (Lipinski definition) is 2. The molecule has 0 spiro atoms. The van der Waals surface area contributed by atoms with Crippen molar-refractivity contribution in [1.29, 1.82) is 0 Å². The molecule has 6 heteroatoms. The molecule has 0 radical (unpaired) electrons. The lowest BCUT2D eigenvalue weighted by Gasteiger charge is -2.16. The van der Waals surface area contributed by atoms with E-state index < -0.39 is 10.0 Å². The molecular formula is C12H22N2O2S2. The van der Waals surface area contributed by atoms with Crippen molar-refractivity contribution in [3.05, 3.63) is 16.5 Å². The van der Waals surface area contributed by atoms with Crippen LogP contribution in [0.2, 0.25) is 0 Å². The molecule has 1 heterocycles. The van der Waals surface area contributed by atoms with Gasteiger partial charge in [0, 0.05) is 17.5 Å². The zero-order chi connectivity index (χ0) is 13.9.